The van der Waals surface area contributed by atoms with Gasteiger partial charge in [-0.2, -0.15) is 4.31 Å². The summed E-state index contributed by atoms with van der Waals surface area (Å²) in [7, 11) is -2.08. The van der Waals surface area contributed by atoms with Gasteiger partial charge in [-0.25, -0.2) is 13.4 Å². The fourth-order valence-electron chi connectivity index (χ4n) is 3.09. The first-order chi connectivity index (χ1) is 15.4. The molecule has 2 heterocycles. The zero-order chi connectivity index (χ0) is 22.6. The standard InChI is InChI=1S/C23H21N3O3S3/c1-26(15-17-6-3-2-4-7-17)32(28,29)20-11-9-18(10-12-20)24-22(27)14-19-16-31-23(25-19)21-8-5-13-30-21/h2-13,16H,14-15H2,1H3,(H,24,27). The van der Waals surface area contributed by atoms with E-state index in [0.29, 0.717) is 11.4 Å². The quantitative estimate of drug-likeness (QED) is 0.388. The molecular weight excluding hydrogens is 462 g/mol. The van der Waals surface area contributed by atoms with Gasteiger partial charge in [-0.3, -0.25) is 4.79 Å². The fraction of sp³-hybridized carbons (Fsp3) is 0.130. The smallest absolute Gasteiger partial charge is 0.243 e. The second-order valence-electron chi connectivity index (χ2n) is 7.12. The van der Waals surface area contributed by atoms with Gasteiger partial charge < -0.3 is 5.32 Å². The lowest BCUT2D eigenvalue weighted by Crippen LogP contribution is -2.26. The van der Waals surface area contributed by atoms with E-state index >= 15 is 0 Å². The molecule has 0 unspecified atom stereocenters. The number of carbonyl (C=O) groups excluding carboxylic acids is 1. The number of nitrogens with one attached hydrogen (secondary N) is 1. The van der Waals surface area contributed by atoms with E-state index < -0.39 is 10.0 Å². The molecule has 0 saturated heterocycles. The predicted molar refractivity (Wildman–Crippen MR) is 129 cm³/mol. The maximum atomic E-state index is 12.8. The number of sulfonamides is 1. The topological polar surface area (TPSA) is 79.4 Å². The van der Waals surface area contributed by atoms with E-state index in [0.717, 1.165) is 15.4 Å². The molecule has 2 aromatic carbocycles. The molecule has 4 aromatic rings. The summed E-state index contributed by atoms with van der Waals surface area (Å²) in [5.74, 6) is -0.204. The SMILES string of the molecule is CN(Cc1ccccc1)S(=O)(=O)c1ccc(NC(=O)Cc2csc(-c3cccs3)n2)cc1. The third-order valence-corrected chi connectivity index (χ3v) is 8.47. The molecule has 2 aromatic heterocycles. The molecule has 164 valence electrons. The van der Waals surface area contributed by atoms with Gasteiger partial charge in [-0.15, -0.1) is 22.7 Å². The number of rotatable bonds is 8. The third kappa shape index (κ3) is 5.31. The number of amides is 1. The van der Waals surface area contributed by atoms with Gasteiger partial charge in [0.05, 0.1) is 21.9 Å². The van der Waals surface area contributed by atoms with Crippen molar-refractivity contribution in [1.29, 1.82) is 0 Å². The Hall–Kier alpha value is -2.85. The van der Waals surface area contributed by atoms with E-state index in [1.54, 1.807) is 30.5 Å². The molecular formula is C23H21N3O3S3. The summed E-state index contributed by atoms with van der Waals surface area (Å²) in [6, 6.07) is 19.6. The van der Waals surface area contributed by atoms with E-state index in [1.807, 2.05) is 53.2 Å². The maximum Gasteiger partial charge on any atom is 0.243 e. The van der Waals surface area contributed by atoms with Gasteiger partial charge in [0.2, 0.25) is 15.9 Å². The van der Waals surface area contributed by atoms with Crippen molar-refractivity contribution in [2.45, 2.75) is 17.9 Å². The zero-order valence-electron chi connectivity index (χ0n) is 17.3. The Morgan fingerprint density at radius 3 is 2.44 bits per heavy atom. The molecule has 0 bridgehead atoms. The number of benzene rings is 2. The second kappa shape index (κ2) is 9.74. The van der Waals surface area contributed by atoms with Crippen molar-refractivity contribution >= 4 is 44.3 Å². The molecule has 0 radical (unpaired) electrons. The highest BCUT2D eigenvalue weighted by atomic mass is 32.2. The highest BCUT2D eigenvalue weighted by molar-refractivity contribution is 7.89. The van der Waals surface area contributed by atoms with Crippen LogP contribution < -0.4 is 5.32 Å². The Morgan fingerprint density at radius 1 is 1.00 bits per heavy atom. The predicted octanol–water partition coefficient (Wildman–Crippen LogP) is 4.87. The van der Waals surface area contributed by atoms with Gasteiger partial charge in [0, 0.05) is 24.7 Å². The molecule has 0 aliphatic rings. The van der Waals surface area contributed by atoms with Crippen LogP contribution in [-0.2, 0) is 27.8 Å². The van der Waals surface area contributed by atoms with Crippen LogP contribution in [0.1, 0.15) is 11.3 Å². The monoisotopic (exact) mass is 483 g/mol. The molecule has 0 atom stereocenters. The van der Waals surface area contributed by atoms with Crippen molar-refractivity contribution in [2.75, 3.05) is 12.4 Å². The van der Waals surface area contributed by atoms with E-state index in [4.69, 9.17) is 0 Å². The Morgan fingerprint density at radius 2 is 1.75 bits per heavy atom. The number of thiazole rings is 1. The molecule has 1 amide bonds. The van der Waals surface area contributed by atoms with E-state index in [1.165, 1.54) is 27.8 Å². The molecule has 0 spiro atoms. The first-order valence-corrected chi connectivity index (χ1v) is 13.0. The minimum atomic E-state index is -3.64. The summed E-state index contributed by atoms with van der Waals surface area (Å²) in [4.78, 5) is 18.2. The molecule has 0 saturated carbocycles. The van der Waals surface area contributed by atoms with Gasteiger partial charge in [-0.1, -0.05) is 36.4 Å². The average molecular weight is 484 g/mol. The van der Waals surface area contributed by atoms with Gasteiger partial charge in [0.15, 0.2) is 0 Å². The summed E-state index contributed by atoms with van der Waals surface area (Å²) in [6.07, 6.45) is 0.155. The molecule has 0 aliphatic heterocycles. The number of nitrogens with zero attached hydrogens (tertiary/aromatic N) is 2. The lowest BCUT2D eigenvalue weighted by atomic mass is 10.2. The molecule has 4 rings (SSSR count). The largest absolute Gasteiger partial charge is 0.326 e. The number of hydrogen-bond acceptors (Lipinski definition) is 6. The van der Waals surface area contributed by atoms with Crippen LogP contribution in [0.25, 0.3) is 9.88 Å². The summed E-state index contributed by atoms with van der Waals surface area (Å²) < 4.78 is 27.0. The Kier molecular flexibility index (Phi) is 6.80. The van der Waals surface area contributed by atoms with Crippen molar-refractivity contribution in [1.82, 2.24) is 9.29 Å². The molecule has 1 N–H and O–H groups in total. The lowest BCUT2D eigenvalue weighted by Gasteiger charge is -2.17. The first kappa shape index (κ1) is 22.3. The van der Waals surface area contributed by atoms with Crippen LogP contribution in [0.4, 0.5) is 5.69 Å². The number of anilines is 1. The van der Waals surface area contributed by atoms with Crippen LogP contribution in [0.2, 0.25) is 0 Å². The lowest BCUT2D eigenvalue weighted by molar-refractivity contribution is -0.115. The minimum Gasteiger partial charge on any atom is -0.326 e. The van der Waals surface area contributed by atoms with E-state index in [2.05, 4.69) is 10.3 Å². The van der Waals surface area contributed by atoms with Crippen molar-refractivity contribution in [2.24, 2.45) is 0 Å². The van der Waals surface area contributed by atoms with Crippen LogP contribution >= 0.6 is 22.7 Å². The number of thiophene rings is 1. The average Bonchev–Trinajstić information content (AvgIpc) is 3.47. The van der Waals surface area contributed by atoms with Crippen molar-refractivity contribution in [3.05, 3.63) is 88.7 Å². The number of hydrogen-bond donors (Lipinski definition) is 1. The van der Waals surface area contributed by atoms with Crippen LogP contribution in [-0.4, -0.2) is 30.7 Å². The summed E-state index contributed by atoms with van der Waals surface area (Å²) >= 11 is 3.12. The summed E-state index contributed by atoms with van der Waals surface area (Å²) in [6.45, 7) is 0.281. The van der Waals surface area contributed by atoms with E-state index in [9.17, 15) is 13.2 Å². The Balaban J connectivity index is 1.37. The van der Waals surface area contributed by atoms with Gasteiger partial charge >= 0.3 is 0 Å². The zero-order valence-corrected chi connectivity index (χ0v) is 19.7. The van der Waals surface area contributed by atoms with Crippen LogP contribution in [0.3, 0.4) is 0 Å². The van der Waals surface area contributed by atoms with Crippen molar-refractivity contribution in [3.63, 3.8) is 0 Å². The summed E-state index contributed by atoms with van der Waals surface area (Å²) in [5, 5.41) is 7.58. The van der Waals surface area contributed by atoms with Gasteiger partial charge in [-0.05, 0) is 41.3 Å². The molecule has 6 nitrogen and oxygen atoms in total. The Labute approximate surface area is 195 Å². The number of carbonyl (C=O) groups is 1. The molecule has 0 aliphatic carbocycles. The fourth-order valence-corrected chi connectivity index (χ4v) is 5.88. The van der Waals surface area contributed by atoms with Crippen molar-refractivity contribution in [3.8, 4) is 9.88 Å². The molecule has 32 heavy (non-hydrogen) atoms. The van der Waals surface area contributed by atoms with Crippen molar-refractivity contribution < 1.29 is 13.2 Å². The minimum absolute atomic E-state index is 0.155. The number of aromatic nitrogens is 1. The van der Waals surface area contributed by atoms with Crippen LogP contribution in [0.5, 0.6) is 0 Å². The highest BCUT2D eigenvalue weighted by Crippen LogP contribution is 2.28. The first-order valence-electron chi connectivity index (χ1n) is 9.80. The van der Waals surface area contributed by atoms with Gasteiger partial charge in [0.1, 0.15) is 5.01 Å². The molecule has 0 fully saturated rings. The maximum absolute atomic E-state index is 12.8. The molecule has 9 heteroatoms. The van der Waals surface area contributed by atoms with E-state index in [-0.39, 0.29) is 23.8 Å². The Bertz CT molecular complexity index is 1280. The van der Waals surface area contributed by atoms with Crippen LogP contribution in [0.15, 0.2) is 82.4 Å². The second-order valence-corrected chi connectivity index (χ2v) is 11.0. The van der Waals surface area contributed by atoms with Crippen LogP contribution in [0, 0.1) is 0 Å². The summed E-state index contributed by atoms with van der Waals surface area (Å²) in [5.41, 5.74) is 2.15. The van der Waals surface area contributed by atoms with Gasteiger partial charge in [0.25, 0.3) is 0 Å². The highest BCUT2D eigenvalue weighted by Gasteiger charge is 2.21. The third-order valence-electron chi connectivity index (χ3n) is 4.72. The normalized spacial score (nSPS) is 11.6.